The van der Waals surface area contributed by atoms with Crippen LogP contribution in [0.2, 0.25) is 0 Å². The molecule has 0 bridgehead atoms. The smallest absolute Gasteiger partial charge is 0.247 e. The van der Waals surface area contributed by atoms with Crippen molar-refractivity contribution in [3.8, 4) is 0 Å². The van der Waals surface area contributed by atoms with Gasteiger partial charge in [0.1, 0.15) is 11.0 Å². The highest BCUT2D eigenvalue weighted by atomic mass is 32.1. The molecule has 1 unspecified atom stereocenters. The third kappa shape index (κ3) is 3.36. The minimum Gasteiger partial charge on any atom is -0.316 e. The van der Waals surface area contributed by atoms with Gasteiger partial charge < -0.3 is 5.73 Å². The number of carbonyl (C=O) groups is 1. The standard InChI is InChI=1S/C13H16N4OS/c1-3-10-16-17-13(19-10)15-12(18)11(14)9-6-4-8(2)5-7-9/h4-7,11H,3,14H2,1-2H3,(H,15,17,18). The van der Waals surface area contributed by atoms with Crippen molar-refractivity contribution >= 4 is 22.4 Å². The van der Waals surface area contributed by atoms with Crippen molar-refractivity contribution in [1.82, 2.24) is 10.2 Å². The first-order valence-electron chi connectivity index (χ1n) is 6.05. The molecule has 0 saturated heterocycles. The van der Waals surface area contributed by atoms with Crippen LogP contribution in [0, 0.1) is 6.92 Å². The van der Waals surface area contributed by atoms with Crippen molar-refractivity contribution in [3.63, 3.8) is 0 Å². The molecule has 0 aliphatic carbocycles. The van der Waals surface area contributed by atoms with Gasteiger partial charge in [0.25, 0.3) is 0 Å². The fraction of sp³-hybridized carbons (Fsp3) is 0.308. The first-order valence-corrected chi connectivity index (χ1v) is 6.87. The van der Waals surface area contributed by atoms with Gasteiger partial charge in [0, 0.05) is 0 Å². The van der Waals surface area contributed by atoms with Crippen LogP contribution in [0.3, 0.4) is 0 Å². The molecule has 0 aliphatic heterocycles. The quantitative estimate of drug-likeness (QED) is 0.895. The van der Waals surface area contributed by atoms with E-state index in [1.807, 2.05) is 38.1 Å². The van der Waals surface area contributed by atoms with Crippen LogP contribution < -0.4 is 11.1 Å². The van der Waals surface area contributed by atoms with Gasteiger partial charge in [-0.15, -0.1) is 10.2 Å². The minimum atomic E-state index is -0.699. The van der Waals surface area contributed by atoms with Gasteiger partial charge in [0.2, 0.25) is 11.0 Å². The van der Waals surface area contributed by atoms with Gasteiger partial charge in [-0.05, 0) is 18.9 Å². The summed E-state index contributed by atoms with van der Waals surface area (Å²) in [6, 6.07) is 6.88. The molecule has 1 aromatic heterocycles. The number of hydrogen-bond acceptors (Lipinski definition) is 5. The van der Waals surface area contributed by atoms with Crippen molar-refractivity contribution in [2.24, 2.45) is 5.73 Å². The van der Waals surface area contributed by atoms with Crippen molar-refractivity contribution in [1.29, 1.82) is 0 Å². The Kier molecular flexibility index (Phi) is 4.24. The van der Waals surface area contributed by atoms with Gasteiger partial charge in [-0.3, -0.25) is 10.1 Å². The highest BCUT2D eigenvalue weighted by molar-refractivity contribution is 7.15. The second-order valence-corrected chi connectivity index (χ2v) is 5.29. The lowest BCUT2D eigenvalue weighted by molar-refractivity contribution is -0.117. The topological polar surface area (TPSA) is 80.9 Å². The predicted molar refractivity (Wildman–Crippen MR) is 76.0 cm³/mol. The van der Waals surface area contributed by atoms with E-state index >= 15 is 0 Å². The van der Waals surface area contributed by atoms with Gasteiger partial charge >= 0.3 is 0 Å². The van der Waals surface area contributed by atoms with Crippen LogP contribution in [0.5, 0.6) is 0 Å². The first-order chi connectivity index (χ1) is 9.10. The molecule has 3 N–H and O–H groups in total. The summed E-state index contributed by atoms with van der Waals surface area (Å²) in [6.45, 7) is 3.98. The number of aryl methyl sites for hydroxylation is 2. The Hall–Kier alpha value is -1.79. The Morgan fingerprint density at radius 3 is 2.63 bits per heavy atom. The number of hydrogen-bond donors (Lipinski definition) is 2. The van der Waals surface area contributed by atoms with E-state index in [2.05, 4.69) is 15.5 Å². The van der Waals surface area contributed by atoms with Crippen molar-refractivity contribution in [3.05, 3.63) is 40.4 Å². The molecule has 2 rings (SSSR count). The number of benzene rings is 1. The van der Waals surface area contributed by atoms with Gasteiger partial charge in [0.05, 0.1) is 0 Å². The fourth-order valence-corrected chi connectivity index (χ4v) is 2.24. The Morgan fingerprint density at radius 1 is 1.37 bits per heavy atom. The Balaban J connectivity index is 2.04. The number of nitrogens with two attached hydrogens (primary N) is 1. The Morgan fingerprint density at radius 2 is 2.05 bits per heavy atom. The van der Waals surface area contributed by atoms with Crippen LogP contribution >= 0.6 is 11.3 Å². The number of rotatable bonds is 4. The summed E-state index contributed by atoms with van der Waals surface area (Å²) in [6.07, 6.45) is 0.803. The fourth-order valence-electron chi connectivity index (χ4n) is 1.56. The molecule has 2 aromatic rings. The molecule has 5 nitrogen and oxygen atoms in total. The zero-order valence-electron chi connectivity index (χ0n) is 10.9. The van der Waals surface area contributed by atoms with Crippen molar-refractivity contribution in [2.45, 2.75) is 26.3 Å². The number of anilines is 1. The van der Waals surface area contributed by atoms with Gasteiger partial charge in [-0.1, -0.05) is 48.1 Å². The second-order valence-electron chi connectivity index (χ2n) is 4.23. The molecule has 1 aromatic carbocycles. The zero-order valence-corrected chi connectivity index (χ0v) is 11.7. The highest BCUT2D eigenvalue weighted by Crippen LogP contribution is 2.18. The normalized spacial score (nSPS) is 12.2. The van der Waals surface area contributed by atoms with Crippen LogP contribution in [-0.2, 0) is 11.2 Å². The molecule has 6 heteroatoms. The van der Waals surface area contributed by atoms with Gasteiger partial charge in [-0.2, -0.15) is 0 Å². The number of carbonyl (C=O) groups excluding carboxylic acids is 1. The summed E-state index contributed by atoms with van der Waals surface area (Å²) in [5.74, 6) is -0.275. The molecule has 1 amide bonds. The second kappa shape index (κ2) is 5.90. The predicted octanol–water partition coefficient (Wildman–Crippen LogP) is 2.05. The SMILES string of the molecule is CCc1nnc(NC(=O)C(N)c2ccc(C)cc2)s1. The Bertz CT molecular complexity index is 564. The lowest BCUT2D eigenvalue weighted by Crippen LogP contribution is -2.27. The average Bonchev–Trinajstić information content (AvgIpc) is 2.86. The van der Waals surface area contributed by atoms with E-state index in [0.29, 0.717) is 5.13 Å². The van der Waals surface area contributed by atoms with Crippen LogP contribution in [0.4, 0.5) is 5.13 Å². The third-order valence-electron chi connectivity index (χ3n) is 2.72. The molecule has 0 saturated carbocycles. The van der Waals surface area contributed by atoms with E-state index in [1.165, 1.54) is 11.3 Å². The number of amides is 1. The summed E-state index contributed by atoms with van der Waals surface area (Å²) in [7, 11) is 0. The summed E-state index contributed by atoms with van der Waals surface area (Å²) >= 11 is 1.37. The van der Waals surface area contributed by atoms with Crippen LogP contribution in [-0.4, -0.2) is 16.1 Å². The maximum absolute atomic E-state index is 12.0. The minimum absolute atomic E-state index is 0.275. The van der Waals surface area contributed by atoms with E-state index in [9.17, 15) is 4.79 Å². The van der Waals surface area contributed by atoms with E-state index in [1.54, 1.807) is 0 Å². The van der Waals surface area contributed by atoms with Crippen molar-refractivity contribution < 1.29 is 4.79 Å². The van der Waals surface area contributed by atoms with Crippen LogP contribution in [0.15, 0.2) is 24.3 Å². The van der Waals surface area contributed by atoms with E-state index < -0.39 is 6.04 Å². The lowest BCUT2D eigenvalue weighted by atomic mass is 10.1. The number of aromatic nitrogens is 2. The molecule has 0 fully saturated rings. The van der Waals surface area contributed by atoms with Crippen LogP contribution in [0.25, 0.3) is 0 Å². The van der Waals surface area contributed by atoms with Gasteiger partial charge in [-0.25, -0.2) is 0 Å². The monoisotopic (exact) mass is 276 g/mol. The van der Waals surface area contributed by atoms with Crippen molar-refractivity contribution in [2.75, 3.05) is 5.32 Å². The summed E-state index contributed by atoms with van der Waals surface area (Å²) in [5, 5.41) is 11.9. The third-order valence-corrected chi connectivity index (χ3v) is 3.70. The highest BCUT2D eigenvalue weighted by Gasteiger charge is 2.17. The molecule has 100 valence electrons. The first kappa shape index (κ1) is 13.6. The average molecular weight is 276 g/mol. The number of nitrogens with zero attached hydrogens (tertiary/aromatic N) is 2. The van der Waals surface area contributed by atoms with E-state index in [4.69, 9.17) is 5.73 Å². The maximum Gasteiger partial charge on any atom is 0.247 e. The maximum atomic E-state index is 12.0. The molecule has 0 aliphatic rings. The molecule has 1 heterocycles. The molecule has 0 radical (unpaired) electrons. The Labute approximate surface area is 115 Å². The largest absolute Gasteiger partial charge is 0.316 e. The lowest BCUT2D eigenvalue weighted by Gasteiger charge is -2.10. The molecular formula is C13H16N4OS. The van der Waals surface area contributed by atoms with Gasteiger partial charge in [0.15, 0.2) is 0 Å². The summed E-state index contributed by atoms with van der Waals surface area (Å²) in [4.78, 5) is 12.0. The van der Waals surface area contributed by atoms with E-state index in [-0.39, 0.29) is 5.91 Å². The van der Waals surface area contributed by atoms with E-state index in [0.717, 1.165) is 22.6 Å². The zero-order chi connectivity index (χ0) is 13.8. The molecular weight excluding hydrogens is 260 g/mol. The van der Waals surface area contributed by atoms with Crippen LogP contribution in [0.1, 0.15) is 29.1 Å². The number of nitrogens with one attached hydrogen (secondary N) is 1. The molecule has 1 atom stereocenters. The summed E-state index contributed by atoms with van der Waals surface area (Å²) in [5.41, 5.74) is 7.83. The summed E-state index contributed by atoms with van der Waals surface area (Å²) < 4.78 is 0. The molecule has 19 heavy (non-hydrogen) atoms. The molecule has 0 spiro atoms.